The fourth-order valence-electron chi connectivity index (χ4n) is 8.20. The maximum atomic E-state index is 14.1. The minimum absolute atomic E-state index is 0.0115. The van der Waals surface area contributed by atoms with Gasteiger partial charge in [0, 0.05) is 50.0 Å². The van der Waals surface area contributed by atoms with Crippen LogP contribution in [0.15, 0.2) is 0 Å². The number of nitrogens with one attached hydrogen (secondary N) is 1. The van der Waals surface area contributed by atoms with Crippen LogP contribution < -0.4 is 5.32 Å². The van der Waals surface area contributed by atoms with Gasteiger partial charge in [0.25, 0.3) is 0 Å². The van der Waals surface area contributed by atoms with Gasteiger partial charge in [0.2, 0.25) is 11.8 Å². The monoisotopic (exact) mass is 546 g/mol. The van der Waals surface area contributed by atoms with Crippen LogP contribution in [0, 0.1) is 17.3 Å². The standard InChI is InChI=1S/C31H54N4O4/c1-22(2)17-25-28(36)35(16-12-32-25)26(18-23(3)4)29(37)34-15-11-31(19-24(34)5)38-20-30(21-39-31)10-8-9-27(30)33-13-6-7-14-33/h22-27,32H,6-21H2,1-5H3/t24-,25-,26-,27?,30?,31?/m0/s1. The van der Waals surface area contributed by atoms with Crippen molar-refractivity contribution in [2.24, 2.45) is 17.3 Å². The zero-order valence-electron chi connectivity index (χ0n) is 25.3. The van der Waals surface area contributed by atoms with Crippen LogP contribution in [0.2, 0.25) is 0 Å². The molecule has 5 rings (SSSR count). The minimum atomic E-state index is -0.583. The number of ether oxygens (including phenoxy) is 2. The fourth-order valence-corrected chi connectivity index (χ4v) is 8.20. The van der Waals surface area contributed by atoms with E-state index in [4.69, 9.17) is 9.47 Å². The zero-order valence-corrected chi connectivity index (χ0v) is 25.3. The van der Waals surface area contributed by atoms with E-state index in [1.165, 1.54) is 45.2 Å². The highest BCUT2D eigenvalue weighted by molar-refractivity contribution is 5.90. The molecule has 4 heterocycles. The molecule has 0 aromatic heterocycles. The fraction of sp³-hybridized carbons (Fsp3) is 0.935. The third-order valence-corrected chi connectivity index (χ3v) is 10.2. The van der Waals surface area contributed by atoms with Crippen molar-refractivity contribution < 1.29 is 19.1 Å². The van der Waals surface area contributed by atoms with Crippen molar-refractivity contribution in [1.29, 1.82) is 0 Å². The first-order valence-electron chi connectivity index (χ1n) is 16.0. The summed E-state index contributed by atoms with van der Waals surface area (Å²) in [7, 11) is 0. The molecular formula is C31H54N4O4. The van der Waals surface area contributed by atoms with E-state index < -0.39 is 11.8 Å². The van der Waals surface area contributed by atoms with Crippen molar-refractivity contribution in [1.82, 2.24) is 20.0 Å². The van der Waals surface area contributed by atoms with Gasteiger partial charge in [-0.1, -0.05) is 34.1 Å². The molecule has 1 saturated carbocycles. The second-order valence-electron chi connectivity index (χ2n) is 14.1. The van der Waals surface area contributed by atoms with Crippen LogP contribution in [-0.2, 0) is 19.1 Å². The van der Waals surface area contributed by atoms with Crippen LogP contribution in [0.25, 0.3) is 0 Å². The number of piperidine rings is 1. The molecule has 4 saturated heterocycles. The van der Waals surface area contributed by atoms with Crippen LogP contribution in [0.5, 0.6) is 0 Å². The summed E-state index contributed by atoms with van der Waals surface area (Å²) in [4.78, 5) is 34.2. The van der Waals surface area contributed by atoms with E-state index in [1.54, 1.807) is 0 Å². The Kier molecular flexibility index (Phi) is 8.97. The Bertz CT molecular complexity index is 865. The molecule has 2 spiro atoms. The van der Waals surface area contributed by atoms with E-state index in [1.807, 2.05) is 9.80 Å². The Morgan fingerprint density at radius 1 is 1.00 bits per heavy atom. The van der Waals surface area contributed by atoms with Gasteiger partial charge in [-0.3, -0.25) is 14.5 Å². The Morgan fingerprint density at radius 3 is 2.36 bits per heavy atom. The number of amides is 2. The van der Waals surface area contributed by atoms with E-state index in [9.17, 15) is 9.59 Å². The van der Waals surface area contributed by atoms with Crippen molar-refractivity contribution in [2.75, 3.05) is 45.9 Å². The molecule has 0 bridgehead atoms. The molecule has 5 fully saturated rings. The van der Waals surface area contributed by atoms with E-state index >= 15 is 0 Å². The van der Waals surface area contributed by atoms with Gasteiger partial charge in [-0.15, -0.1) is 0 Å². The van der Waals surface area contributed by atoms with Crippen LogP contribution in [0.3, 0.4) is 0 Å². The lowest BCUT2D eigenvalue weighted by Crippen LogP contribution is -2.65. The lowest BCUT2D eigenvalue weighted by Gasteiger charge is -2.53. The van der Waals surface area contributed by atoms with Crippen molar-refractivity contribution in [3.63, 3.8) is 0 Å². The summed E-state index contributed by atoms with van der Waals surface area (Å²) in [6.07, 6.45) is 9.24. The summed E-state index contributed by atoms with van der Waals surface area (Å²) < 4.78 is 13.4. The maximum Gasteiger partial charge on any atom is 0.245 e. The second-order valence-corrected chi connectivity index (χ2v) is 14.1. The second kappa shape index (κ2) is 11.9. The average molecular weight is 547 g/mol. The number of carbonyl (C=O) groups excluding carboxylic acids is 2. The first-order chi connectivity index (χ1) is 18.6. The van der Waals surface area contributed by atoms with Gasteiger partial charge in [-0.25, -0.2) is 0 Å². The van der Waals surface area contributed by atoms with E-state index in [2.05, 4.69) is 44.8 Å². The maximum absolute atomic E-state index is 14.1. The van der Waals surface area contributed by atoms with Crippen molar-refractivity contribution in [3.05, 3.63) is 0 Å². The van der Waals surface area contributed by atoms with Gasteiger partial charge in [0.15, 0.2) is 5.79 Å². The molecule has 2 amide bonds. The quantitative estimate of drug-likeness (QED) is 0.526. The van der Waals surface area contributed by atoms with Gasteiger partial charge >= 0.3 is 0 Å². The summed E-state index contributed by atoms with van der Waals surface area (Å²) in [5.74, 6) is 0.354. The largest absolute Gasteiger partial charge is 0.349 e. The van der Waals surface area contributed by atoms with Crippen molar-refractivity contribution in [3.8, 4) is 0 Å². The van der Waals surface area contributed by atoms with Gasteiger partial charge in [-0.05, 0) is 70.4 Å². The minimum Gasteiger partial charge on any atom is -0.349 e. The molecule has 39 heavy (non-hydrogen) atoms. The van der Waals surface area contributed by atoms with Crippen LogP contribution in [0.1, 0.15) is 92.4 Å². The first-order valence-corrected chi connectivity index (χ1v) is 16.0. The third kappa shape index (κ3) is 6.05. The highest BCUT2D eigenvalue weighted by Crippen LogP contribution is 2.48. The van der Waals surface area contributed by atoms with Crippen LogP contribution >= 0.6 is 0 Å². The molecule has 4 aliphatic heterocycles. The Labute approximate surface area is 236 Å². The summed E-state index contributed by atoms with van der Waals surface area (Å²) in [5.41, 5.74) is 0.128. The van der Waals surface area contributed by atoms with Gasteiger partial charge in [-0.2, -0.15) is 0 Å². The predicted molar refractivity (Wildman–Crippen MR) is 152 cm³/mol. The van der Waals surface area contributed by atoms with E-state index in [0.29, 0.717) is 50.2 Å². The predicted octanol–water partition coefficient (Wildman–Crippen LogP) is 3.64. The molecule has 8 heteroatoms. The normalized spacial score (nSPS) is 37.1. The first kappa shape index (κ1) is 29.3. The zero-order chi connectivity index (χ0) is 27.8. The Hall–Kier alpha value is -1.22. The van der Waals surface area contributed by atoms with Gasteiger partial charge in [0.1, 0.15) is 6.04 Å². The van der Waals surface area contributed by atoms with Crippen molar-refractivity contribution in [2.45, 2.75) is 122 Å². The molecule has 0 aromatic rings. The highest BCUT2D eigenvalue weighted by atomic mass is 16.7. The molecule has 1 N–H and O–H groups in total. The Balaban J connectivity index is 1.23. The van der Waals surface area contributed by atoms with E-state index in [-0.39, 0.29) is 29.3 Å². The molecule has 0 aromatic carbocycles. The summed E-state index contributed by atoms with van der Waals surface area (Å²) in [6, 6.07) is 0.00301. The number of nitrogens with zero attached hydrogens (tertiary/aromatic N) is 3. The van der Waals surface area contributed by atoms with Crippen molar-refractivity contribution >= 4 is 11.8 Å². The summed E-state index contributed by atoms with van der Waals surface area (Å²) in [6.45, 7) is 16.7. The number of hydrogen-bond acceptors (Lipinski definition) is 6. The highest BCUT2D eigenvalue weighted by Gasteiger charge is 2.54. The molecule has 0 radical (unpaired) electrons. The van der Waals surface area contributed by atoms with E-state index in [0.717, 1.165) is 26.2 Å². The summed E-state index contributed by atoms with van der Waals surface area (Å²) in [5, 5.41) is 3.39. The molecule has 8 nitrogen and oxygen atoms in total. The van der Waals surface area contributed by atoms with Gasteiger partial charge < -0.3 is 24.6 Å². The lowest BCUT2D eigenvalue weighted by atomic mass is 9.81. The van der Waals surface area contributed by atoms with Gasteiger partial charge in [0.05, 0.1) is 19.3 Å². The topological polar surface area (TPSA) is 74.3 Å². The number of hydrogen-bond donors (Lipinski definition) is 1. The molecule has 222 valence electrons. The molecule has 4 atom stereocenters. The molecule has 1 aliphatic carbocycles. The SMILES string of the molecule is CC(C)C[C@@H]1NCCN([C@@H](CC(C)C)C(=O)N2CCC3(C[C@@H]2C)OCC2(CCCC2N2CCCC2)CO3)C1=O. The summed E-state index contributed by atoms with van der Waals surface area (Å²) >= 11 is 0. The number of rotatable bonds is 7. The molecular weight excluding hydrogens is 492 g/mol. The van der Waals surface area contributed by atoms with Crippen LogP contribution in [0.4, 0.5) is 0 Å². The average Bonchev–Trinajstić information content (AvgIpc) is 3.56. The lowest BCUT2D eigenvalue weighted by molar-refractivity contribution is -0.325. The molecule has 1 unspecified atom stereocenters. The smallest absolute Gasteiger partial charge is 0.245 e. The number of carbonyl (C=O) groups is 2. The number of likely N-dealkylation sites (tertiary alicyclic amines) is 2. The molecule has 5 aliphatic rings. The van der Waals surface area contributed by atoms with Crippen LogP contribution in [-0.4, -0.2) is 102 Å². The Morgan fingerprint density at radius 2 is 1.72 bits per heavy atom. The third-order valence-electron chi connectivity index (χ3n) is 10.2. The number of piperazine rings is 1.